The lowest BCUT2D eigenvalue weighted by Crippen LogP contribution is -2.08. The zero-order valence-electron chi connectivity index (χ0n) is 8.90. The van der Waals surface area contributed by atoms with E-state index in [1.165, 1.54) is 17.5 Å². The number of fused-ring (bicyclic) bond motifs is 1. The third-order valence-electron chi connectivity index (χ3n) is 3.14. The molecule has 1 aliphatic rings. The Balaban J connectivity index is 2.04. The number of aromatic nitrogens is 2. The van der Waals surface area contributed by atoms with Crippen molar-refractivity contribution >= 4 is 5.52 Å². The molecule has 1 N–H and O–H groups in total. The third kappa shape index (κ3) is 1.53. The fraction of sp³-hybridized carbons (Fsp3) is 0.417. The van der Waals surface area contributed by atoms with Crippen molar-refractivity contribution < 1.29 is 0 Å². The second-order valence-electron chi connectivity index (χ2n) is 4.30. The standard InChI is InChI=1S/C12H15N3/c1-9-6-12-7-10(3-5-15(12)14-9)11-2-4-13-8-11/h3,5-7,11,13H,2,4,8H2,1H3. The van der Waals surface area contributed by atoms with Crippen molar-refractivity contribution in [2.75, 3.05) is 13.1 Å². The summed E-state index contributed by atoms with van der Waals surface area (Å²) < 4.78 is 1.95. The molecule has 0 spiro atoms. The average Bonchev–Trinajstić information content (AvgIpc) is 2.82. The van der Waals surface area contributed by atoms with Crippen molar-refractivity contribution in [1.29, 1.82) is 0 Å². The molecule has 0 bridgehead atoms. The number of hydrogen-bond donors (Lipinski definition) is 1. The molecule has 3 heteroatoms. The van der Waals surface area contributed by atoms with Gasteiger partial charge in [-0.05, 0) is 49.6 Å². The van der Waals surface area contributed by atoms with Crippen LogP contribution in [-0.2, 0) is 0 Å². The highest BCUT2D eigenvalue weighted by Crippen LogP contribution is 2.23. The molecule has 2 aromatic heterocycles. The normalized spacial score (nSPS) is 21.3. The molecule has 3 nitrogen and oxygen atoms in total. The van der Waals surface area contributed by atoms with E-state index < -0.39 is 0 Å². The summed E-state index contributed by atoms with van der Waals surface area (Å²) in [5.41, 5.74) is 3.72. The highest BCUT2D eigenvalue weighted by atomic mass is 15.2. The topological polar surface area (TPSA) is 29.3 Å². The molecule has 15 heavy (non-hydrogen) atoms. The summed E-state index contributed by atoms with van der Waals surface area (Å²) in [6, 6.07) is 6.58. The van der Waals surface area contributed by atoms with E-state index in [0.717, 1.165) is 18.8 Å². The van der Waals surface area contributed by atoms with E-state index in [0.29, 0.717) is 5.92 Å². The van der Waals surface area contributed by atoms with Gasteiger partial charge in [0.05, 0.1) is 11.2 Å². The SMILES string of the molecule is Cc1cc2cc(C3CCNC3)ccn2n1. The fourth-order valence-corrected chi connectivity index (χ4v) is 2.33. The van der Waals surface area contributed by atoms with Gasteiger partial charge in [0.1, 0.15) is 0 Å². The van der Waals surface area contributed by atoms with Crippen LogP contribution < -0.4 is 5.32 Å². The molecule has 0 radical (unpaired) electrons. The first-order valence-corrected chi connectivity index (χ1v) is 5.49. The van der Waals surface area contributed by atoms with E-state index in [1.807, 2.05) is 11.4 Å². The monoisotopic (exact) mass is 201 g/mol. The van der Waals surface area contributed by atoms with Gasteiger partial charge in [0, 0.05) is 12.7 Å². The molecule has 3 rings (SSSR count). The number of pyridine rings is 1. The molecule has 0 aromatic carbocycles. The van der Waals surface area contributed by atoms with Crippen molar-refractivity contribution in [3.63, 3.8) is 0 Å². The van der Waals surface area contributed by atoms with Crippen LogP contribution in [0.5, 0.6) is 0 Å². The van der Waals surface area contributed by atoms with Crippen molar-refractivity contribution in [2.24, 2.45) is 0 Å². The van der Waals surface area contributed by atoms with E-state index in [4.69, 9.17) is 0 Å². The quantitative estimate of drug-likeness (QED) is 0.761. The highest BCUT2D eigenvalue weighted by Gasteiger charge is 2.16. The second-order valence-corrected chi connectivity index (χ2v) is 4.30. The van der Waals surface area contributed by atoms with E-state index in [-0.39, 0.29) is 0 Å². The fourth-order valence-electron chi connectivity index (χ4n) is 2.33. The predicted octanol–water partition coefficient (Wildman–Crippen LogP) is 1.72. The minimum absolute atomic E-state index is 0.685. The summed E-state index contributed by atoms with van der Waals surface area (Å²) in [6.07, 6.45) is 3.32. The highest BCUT2D eigenvalue weighted by molar-refractivity contribution is 5.50. The van der Waals surface area contributed by atoms with Gasteiger partial charge in [-0.2, -0.15) is 5.10 Å². The molecule has 2 aromatic rings. The van der Waals surface area contributed by atoms with Gasteiger partial charge in [0.2, 0.25) is 0 Å². The summed E-state index contributed by atoms with van der Waals surface area (Å²) >= 11 is 0. The van der Waals surface area contributed by atoms with Crippen LogP contribution >= 0.6 is 0 Å². The molecule has 1 saturated heterocycles. The van der Waals surface area contributed by atoms with Crippen LogP contribution in [0.4, 0.5) is 0 Å². The minimum atomic E-state index is 0.685. The molecule has 78 valence electrons. The first kappa shape index (κ1) is 8.92. The smallest absolute Gasteiger partial charge is 0.0667 e. The lowest BCUT2D eigenvalue weighted by Gasteiger charge is -2.08. The molecule has 1 fully saturated rings. The van der Waals surface area contributed by atoms with Crippen molar-refractivity contribution in [1.82, 2.24) is 14.9 Å². The van der Waals surface area contributed by atoms with Crippen LogP contribution in [0.2, 0.25) is 0 Å². The number of nitrogens with zero attached hydrogens (tertiary/aromatic N) is 2. The zero-order chi connectivity index (χ0) is 10.3. The van der Waals surface area contributed by atoms with Crippen LogP contribution in [0.15, 0.2) is 24.4 Å². The van der Waals surface area contributed by atoms with E-state index in [2.05, 4.69) is 34.8 Å². The van der Waals surface area contributed by atoms with Gasteiger partial charge in [0.15, 0.2) is 0 Å². The number of rotatable bonds is 1. The van der Waals surface area contributed by atoms with Crippen LogP contribution in [0.25, 0.3) is 5.52 Å². The molecule has 0 aliphatic carbocycles. The summed E-state index contributed by atoms with van der Waals surface area (Å²) in [6.45, 7) is 4.29. The summed E-state index contributed by atoms with van der Waals surface area (Å²) in [5.74, 6) is 0.685. The Morgan fingerprint density at radius 1 is 1.47 bits per heavy atom. The van der Waals surface area contributed by atoms with Crippen molar-refractivity contribution in [3.05, 3.63) is 35.7 Å². The Labute approximate surface area is 89.1 Å². The third-order valence-corrected chi connectivity index (χ3v) is 3.14. The first-order valence-electron chi connectivity index (χ1n) is 5.49. The van der Waals surface area contributed by atoms with Gasteiger partial charge in [-0.15, -0.1) is 0 Å². The maximum absolute atomic E-state index is 4.38. The van der Waals surface area contributed by atoms with Crippen LogP contribution in [0.3, 0.4) is 0 Å². The molecule has 0 amide bonds. The van der Waals surface area contributed by atoms with Gasteiger partial charge >= 0.3 is 0 Å². The maximum Gasteiger partial charge on any atom is 0.0667 e. The first-order chi connectivity index (χ1) is 7.33. The molecule has 1 aliphatic heterocycles. The van der Waals surface area contributed by atoms with Crippen LogP contribution in [-0.4, -0.2) is 22.7 Å². The Morgan fingerprint density at radius 2 is 2.40 bits per heavy atom. The number of hydrogen-bond acceptors (Lipinski definition) is 2. The zero-order valence-corrected chi connectivity index (χ0v) is 8.90. The Bertz CT molecular complexity index is 481. The van der Waals surface area contributed by atoms with Gasteiger partial charge in [-0.25, -0.2) is 4.52 Å². The van der Waals surface area contributed by atoms with Gasteiger partial charge in [0.25, 0.3) is 0 Å². The number of aryl methyl sites for hydroxylation is 1. The van der Waals surface area contributed by atoms with Crippen molar-refractivity contribution in [2.45, 2.75) is 19.3 Å². The summed E-state index contributed by atoms with van der Waals surface area (Å²) in [4.78, 5) is 0. The molecule has 1 unspecified atom stereocenters. The van der Waals surface area contributed by atoms with E-state index in [1.54, 1.807) is 0 Å². The Kier molecular flexibility index (Phi) is 1.99. The van der Waals surface area contributed by atoms with Gasteiger partial charge < -0.3 is 5.32 Å². The number of nitrogens with one attached hydrogen (secondary N) is 1. The molecule has 0 saturated carbocycles. The van der Waals surface area contributed by atoms with Crippen molar-refractivity contribution in [3.8, 4) is 0 Å². The molecular weight excluding hydrogens is 186 g/mol. The van der Waals surface area contributed by atoms with Gasteiger partial charge in [-0.1, -0.05) is 0 Å². The molecule has 3 heterocycles. The molecule has 1 atom stereocenters. The minimum Gasteiger partial charge on any atom is -0.316 e. The van der Waals surface area contributed by atoms with E-state index >= 15 is 0 Å². The summed E-state index contributed by atoms with van der Waals surface area (Å²) in [5, 5.41) is 7.78. The Hall–Kier alpha value is -1.35. The van der Waals surface area contributed by atoms with Gasteiger partial charge in [-0.3, -0.25) is 0 Å². The largest absolute Gasteiger partial charge is 0.316 e. The average molecular weight is 201 g/mol. The second kappa shape index (κ2) is 3.35. The maximum atomic E-state index is 4.38. The lowest BCUT2D eigenvalue weighted by atomic mass is 9.99. The Morgan fingerprint density at radius 3 is 3.20 bits per heavy atom. The summed E-state index contributed by atoms with van der Waals surface area (Å²) in [7, 11) is 0. The van der Waals surface area contributed by atoms with Crippen LogP contribution in [0.1, 0.15) is 23.6 Å². The molecular formula is C12H15N3. The van der Waals surface area contributed by atoms with E-state index in [9.17, 15) is 0 Å². The predicted molar refractivity (Wildman–Crippen MR) is 60.2 cm³/mol. The lowest BCUT2D eigenvalue weighted by molar-refractivity contribution is 0.760. The van der Waals surface area contributed by atoms with Crippen LogP contribution in [0, 0.1) is 6.92 Å².